The van der Waals surface area contributed by atoms with Crippen LogP contribution in [0.25, 0.3) is 0 Å². The molecule has 0 aliphatic heterocycles. The van der Waals surface area contributed by atoms with Gasteiger partial charge in [-0.2, -0.15) is 0 Å². The number of thiazole rings is 1. The molecule has 0 fully saturated rings. The monoisotopic (exact) mass is 200 g/mol. The lowest BCUT2D eigenvalue weighted by Gasteiger charge is -2.06. The zero-order chi connectivity index (χ0) is 9.19. The summed E-state index contributed by atoms with van der Waals surface area (Å²) in [6.07, 6.45) is 0. The van der Waals surface area contributed by atoms with E-state index in [1.54, 1.807) is 5.38 Å². The fraction of sp³-hybridized carbons (Fsp3) is 0.375. The molecule has 0 atom stereocenters. The number of hydrogen-bond acceptors (Lipinski definition) is 3. The van der Waals surface area contributed by atoms with Gasteiger partial charge in [0.25, 0.3) is 0 Å². The van der Waals surface area contributed by atoms with E-state index in [1.165, 1.54) is 11.3 Å². The molecule has 64 valence electrons. The molecule has 0 bridgehead atoms. The second kappa shape index (κ2) is 3.44. The van der Waals surface area contributed by atoms with E-state index < -0.39 is 5.54 Å². The molecule has 0 saturated heterocycles. The molecule has 0 unspecified atom stereocenters. The van der Waals surface area contributed by atoms with E-state index in [9.17, 15) is 0 Å². The van der Waals surface area contributed by atoms with Crippen LogP contribution in [0.4, 0.5) is 0 Å². The summed E-state index contributed by atoms with van der Waals surface area (Å²) < 4.78 is 0. The van der Waals surface area contributed by atoms with E-state index in [2.05, 4.69) is 16.8 Å². The Balaban J connectivity index is 2.80. The predicted octanol–water partition coefficient (Wildman–Crippen LogP) is 1.89. The van der Waals surface area contributed by atoms with Gasteiger partial charge >= 0.3 is 0 Å². The van der Waals surface area contributed by atoms with Crippen molar-refractivity contribution in [3.05, 3.63) is 15.5 Å². The first kappa shape index (κ1) is 9.53. The third-order valence-corrected chi connectivity index (χ3v) is 2.05. The summed E-state index contributed by atoms with van der Waals surface area (Å²) in [7, 11) is 0. The Labute approximate surface area is 80.8 Å². The highest BCUT2D eigenvalue weighted by Crippen LogP contribution is 2.12. The summed E-state index contributed by atoms with van der Waals surface area (Å²) in [5.74, 6) is 5.72. The Morgan fingerprint density at radius 3 is 2.75 bits per heavy atom. The van der Waals surface area contributed by atoms with Gasteiger partial charge in [-0.05, 0) is 19.8 Å². The van der Waals surface area contributed by atoms with Gasteiger partial charge in [0.2, 0.25) is 0 Å². The molecule has 4 heteroatoms. The van der Waals surface area contributed by atoms with Gasteiger partial charge in [0.15, 0.2) is 5.01 Å². The predicted molar refractivity (Wildman–Crippen MR) is 52.3 cm³/mol. The van der Waals surface area contributed by atoms with Gasteiger partial charge in [0.1, 0.15) is 5.15 Å². The van der Waals surface area contributed by atoms with Crippen LogP contribution in [0.1, 0.15) is 18.9 Å². The van der Waals surface area contributed by atoms with Crippen LogP contribution in [0.3, 0.4) is 0 Å². The highest BCUT2D eigenvalue weighted by molar-refractivity contribution is 7.10. The third kappa shape index (κ3) is 3.22. The molecular weight excluding hydrogens is 192 g/mol. The van der Waals surface area contributed by atoms with Crippen molar-refractivity contribution in [2.75, 3.05) is 0 Å². The van der Waals surface area contributed by atoms with E-state index in [0.717, 1.165) is 0 Å². The van der Waals surface area contributed by atoms with Crippen molar-refractivity contribution >= 4 is 22.9 Å². The Morgan fingerprint density at radius 2 is 2.33 bits per heavy atom. The van der Waals surface area contributed by atoms with Crippen LogP contribution < -0.4 is 5.73 Å². The topological polar surface area (TPSA) is 38.9 Å². The maximum Gasteiger partial charge on any atom is 0.168 e. The van der Waals surface area contributed by atoms with Crippen molar-refractivity contribution in [2.24, 2.45) is 5.73 Å². The summed E-state index contributed by atoms with van der Waals surface area (Å²) >= 11 is 7.03. The van der Waals surface area contributed by atoms with Gasteiger partial charge in [0, 0.05) is 5.38 Å². The second-order valence-electron chi connectivity index (χ2n) is 2.95. The van der Waals surface area contributed by atoms with Gasteiger partial charge in [-0.25, -0.2) is 4.98 Å². The van der Waals surface area contributed by atoms with E-state index in [-0.39, 0.29) is 0 Å². The fourth-order valence-electron chi connectivity index (χ4n) is 0.526. The van der Waals surface area contributed by atoms with Gasteiger partial charge in [0.05, 0.1) is 5.54 Å². The molecule has 2 N–H and O–H groups in total. The maximum absolute atomic E-state index is 5.66. The standard InChI is InChI=1S/C8H9ClN2S/c1-8(2,10)4-3-7-11-6(9)5-12-7/h5H,10H2,1-2H3. The summed E-state index contributed by atoms with van der Waals surface area (Å²) in [6.45, 7) is 3.68. The molecular formula is C8H9ClN2S. The molecule has 0 spiro atoms. The lowest BCUT2D eigenvalue weighted by molar-refractivity contribution is 0.680. The highest BCUT2D eigenvalue weighted by Gasteiger charge is 2.04. The summed E-state index contributed by atoms with van der Waals surface area (Å²) in [5, 5.41) is 2.94. The number of aromatic nitrogens is 1. The average Bonchev–Trinajstić information content (AvgIpc) is 2.30. The Morgan fingerprint density at radius 1 is 1.67 bits per heavy atom. The molecule has 1 aromatic heterocycles. The van der Waals surface area contributed by atoms with E-state index in [1.807, 2.05) is 13.8 Å². The van der Waals surface area contributed by atoms with Crippen molar-refractivity contribution in [1.29, 1.82) is 0 Å². The lowest BCUT2D eigenvalue weighted by atomic mass is 10.1. The van der Waals surface area contributed by atoms with Gasteiger partial charge in [-0.1, -0.05) is 17.5 Å². The summed E-state index contributed by atoms with van der Waals surface area (Å²) in [5.41, 5.74) is 5.19. The van der Waals surface area contributed by atoms with E-state index >= 15 is 0 Å². The zero-order valence-corrected chi connectivity index (χ0v) is 8.46. The van der Waals surface area contributed by atoms with Gasteiger partial charge in [-0.15, -0.1) is 11.3 Å². The molecule has 12 heavy (non-hydrogen) atoms. The number of rotatable bonds is 0. The quantitative estimate of drug-likeness (QED) is 0.650. The fourth-order valence-corrected chi connectivity index (χ4v) is 1.32. The molecule has 2 nitrogen and oxygen atoms in total. The van der Waals surface area contributed by atoms with Crippen LogP contribution in [0.2, 0.25) is 5.15 Å². The van der Waals surface area contributed by atoms with Crippen molar-refractivity contribution in [1.82, 2.24) is 4.98 Å². The number of nitrogens with zero attached hydrogens (tertiary/aromatic N) is 1. The van der Waals surface area contributed by atoms with Crippen molar-refractivity contribution < 1.29 is 0 Å². The van der Waals surface area contributed by atoms with E-state index in [4.69, 9.17) is 17.3 Å². The number of halogens is 1. The maximum atomic E-state index is 5.66. The van der Waals surface area contributed by atoms with E-state index in [0.29, 0.717) is 10.2 Å². The zero-order valence-electron chi connectivity index (χ0n) is 6.89. The largest absolute Gasteiger partial charge is 0.316 e. The first-order valence-corrected chi connectivity index (χ1v) is 4.66. The lowest BCUT2D eigenvalue weighted by Crippen LogP contribution is -2.29. The van der Waals surface area contributed by atoms with Crippen LogP contribution in [-0.2, 0) is 0 Å². The highest BCUT2D eigenvalue weighted by atomic mass is 35.5. The Bertz CT molecular complexity index is 327. The minimum atomic E-state index is -0.474. The van der Waals surface area contributed by atoms with Gasteiger partial charge < -0.3 is 5.73 Å². The smallest absolute Gasteiger partial charge is 0.168 e. The number of nitrogens with two attached hydrogens (primary N) is 1. The third-order valence-electron chi connectivity index (χ3n) is 0.968. The molecule has 1 heterocycles. The molecule has 0 radical (unpaired) electrons. The minimum absolute atomic E-state index is 0.474. The van der Waals surface area contributed by atoms with Crippen LogP contribution in [0.5, 0.6) is 0 Å². The molecule has 1 rings (SSSR count). The van der Waals surface area contributed by atoms with Gasteiger partial charge in [-0.3, -0.25) is 0 Å². The molecule has 0 amide bonds. The molecule has 0 aromatic carbocycles. The normalized spacial score (nSPS) is 10.7. The second-order valence-corrected chi connectivity index (χ2v) is 4.19. The van der Waals surface area contributed by atoms with Crippen LogP contribution in [0, 0.1) is 11.8 Å². The summed E-state index contributed by atoms with van der Waals surface area (Å²) in [6, 6.07) is 0. The first-order valence-electron chi connectivity index (χ1n) is 3.40. The first-order chi connectivity index (χ1) is 5.47. The van der Waals surface area contributed by atoms with Crippen LogP contribution >= 0.6 is 22.9 Å². The van der Waals surface area contributed by atoms with Crippen molar-refractivity contribution in [3.63, 3.8) is 0 Å². The average molecular weight is 201 g/mol. The van der Waals surface area contributed by atoms with Crippen molar-refractivity contribution in [2.45, 2.75) is 19.4 Å². The van der Waals surface area contributed by atoms with Crippen LogP contribution in [0.15, 0.2) is 5.38 Å². The molecule has 1 aromatic rings. The Kier molecular flexibility index (Phi) is 2.73. The number of hydrogen-bond donors (Lipinski definition) is 1. The molecule has 0 saturated carbocycles. The summed E-state index contributed by atoms with van der Waals surface area (Å²) in [4.78, 5) is 3.97. The molecule has 0 aliphatic rings. The molecule has 0 aliphatic carbocycles. The SMILES string of the molecule is CC(C)(N)C#Cc1nc(Cl)cs1. The minimum Gasteiger partial charge on any atom is -0.316 e. The Hall–Kier alpha value is -0.560. The van der Waals surface area contributed by atoms with Crippen LogP contribution in [-0.4, -0.2) is 10.5 Å². The van der Waals surface area contributed by atoms with Crippen molar-refractivity contribution in [3.8, 4) is 11.8 Å².